The molecule has 1 unspecified atom stereocenters. The third-order valence-corrected chi connectivity index (χ3v) is 4.02. The van der Waals surface area contributed by atoms with Crippen molar-refractivity contribution in [1.82, 2.24) is 15.1 Å². The maximum Gasteiger partial charge on any atom is 0.287 e. The van der Waals surface area contributed by atoms with Crippen LogP contribution in [-0.2, 0) is 7.05 Å². The number of aryl methyl sites for hydroxylation is 1. The number of nitrogens with zero attached hydrogens (tertiary/aromatic N) is 3. The van der Waals surface area contributed by atoms with Crippen LogP contribution in [0.5, 0.6) is 0 Å². The van der Waals surface area contributed by atoms with Gasteiger partial charge >= 0.3 is 0 Å². The SMILES string of the molecule is CCN(CC1CCCNC1)c1cnn(C)c(=O)c1Cl. The van der Waals surface area contributed by atoms with Crippen LogP contribution in [0.3, 0.4) is 0 Å². The first-order valence-electron chi connectivity index (χ1n) is 6.81. The maximum absolute atomic E-state index is 11.8. The van der Waals surface area contributed by atoms with Crippen LogP contribution in [0.2, 0.25) is 5.02 Å². The van der Waals surface area contributed by atoms with Gasteiger partial charge in [0.05, 0.1) is 11.9 Å². The van der Waals surface area contributed by atoms with E-state index in [0.29, 0.717) is 5.92 Å². The van der Waals surface area contributed by atoms with Gasteiger partial charge in [-0.15, -0.1) is 0 Å². The molecule has 1 N–H and O–H groups in total. The molecule has 2 rings (SSSR count). The summed E-state index contributed by atoms with van der Waals surface area (Å²) in [6, 6.07) is 0. The lowest BCUT2D eigenvalue weighted by Gasteiger charge is -2.31. The molecule has 0 spiro atoms. The number of anilines is 1. The minimum Gasteiger partial charge on any atom is -0.369 e. The molecule has 0 aromatic carbocycles. The Balaban J connectivity index is 2.17. The predicted molar refractivity (Wildman–Crippen MR) is 78.0 cm³/mol. The van der Waals surface area contributed by atoms with Gasteiger partial charge in [-0.3, -0.25) is 4.79 Å². The molecule has 2 heterocycles. The zero-order chi connectivity index (χ0) is 13.8. The Bertz CT molecular complexity index is 482. The minimum atomic E-state index is -0.237. The van der Waals surface area contributed by atoms with E-state index >= 15 is 0 Å². The number of piperidine rings is 1. The quantitative estimate of drug-likeness (QED) is 0.904. The highest BCUT2D eigenvalue weighted by atomic mass is 35.5. The molecule has 5 nitrogen and oxygen atoms in total. The molecular formula is C13H21ClN4O. The summed E-state index contributed by atoms with van der Waals surface area (Å²) in [5.74, 6) is 0.605. The number of aromatic nitrogens is 2. The molecule has 1 saturated heterocycles. The van der Waals surface area contributed by atoms with Crippen molar-refractivity contribution in [3.63, 3.8) is 0 Å². The lowest BCUT2D eigenvalue weighted by atomic mass is 9.99. The molecule has 0 saturated carbocycles. The molecule has 19 heavy (non-hydrogen) atoms. The van der Waals surface area contributed by atoms with Crippen LogP contribution in [0.4, 0.5) is 5.69 Å². The van der Waals surface area contributed by atoms with Crippen LogP contribution in [0.25, 0.3) is 0 Å². The summed E-state index contributed by atoms with van der Waals surface area (Å²) in [7, 11) is 1.61. The van der Waals surface area contributed by atoms with E-state index < -0.39 is 0 Å². The molecule has 0 bridgehead atoms. The zero-order valence-electron chi connectivity index (χ0n) is 11.5. The van der Waals surface area contributed by atoms with Gasteiger partial charge in [0.1, 0.15) is 5.02 Å². The highest BCUT2D eigenvalue weighted by molar-refractivity contribution is 6.33. The van der Waals surface area contributed by atoms with Crippen molar-refractivity contribution in [2.24, 2.45) is 13.0 Å². The van der Waals surface area contributed by atoms with Gasteiger partial charge in [-0.1, -0.05) is 11.6 Å². The second kappa shape index (κ2) is 6.39. The molecule has 1 aromatic heterocycles. The van der Waals surface area contributed by atoms with Crippen LogP contribution in [0, 0.1) is 5.92 Å². The Morgan fingerprint density at radius 3 is 3.05 bits per heavy atom. The van der Waals surface area contributed by atoms with E-state index in [1.807, 2.05) is 0 Å². The summed E-state index contributed by atoms with van der Waals surface area (Å²) >= 11 is 6.16. The normalized spacial score (nSPS) is 19.4. The molecule has 0 radical (unpaired) electrons. The van der Waals surface area contributed by atoms with Gasteiger partial charge in [-0.05, 0) is 38.8 Å². The molecule has 0 aliphatic carbocycles. The van der Waals surface area contributed by atoms with Gasteiger partial charge < -0.3 is 10.2 Å². The Kier molecular flexibility index (Phi) is 4.82. The maximum atomic E-state index is 11.8. The van der Waals surface area contributed by atoms with Gasteiger partial charge in [-0.2, -0.15) is 5.10 Å². The molecule has 1 aromatic rings. The van der Waals surface area contributed by atoms with Crippen molar-refractivity contribution in [2.75, 3.05) is 31.1 Å². The molecule has 6 heteroatoms. The third kappa shape index (κ3) is 3.28. The van der Waals surface area contributed by atoms with Crippen molar-refractivity contribution >= 4 is 17.3 Å². The van der Waals surface area contributed by atoms with Crippen LogP contribution in [0.1, 0.15) is 19.8 Å². The van der Waals surface area contributed by atoms with Gasteiger partial charge in [0.25, 0.3) is 5.56 Å². The highest BCUT2D eigenvalue weighted by Crippen LogP contribution is 2.23. The second-order valence-corrected chi connectivity index (χ2v) is 5.40. The minimum absolute atomic E-state index is 0.237. The summed E-state index contributed by atoms with van der Waals surface area (Å²) < 4.78 is 1.27. The van der Waals surface area contributed by atoms with E-state index in [4.69, 9.17) is 11.6 Å². The summed E-state index contributed by atoms with van der Waals surface area (Å²) in [5, 5.41) is 7.74. The van der Waals surface area contributed by atoms with Gasteiger partial charge in [0.2, 0.25) is 0 Å². The largest absolute Gasteiger partial charge is 0.369 e. The third-order valence-electron chi connectivity index (χ3n) is 3.66. The smallest absolute Gasteiger partial charge is 0.287 e. The molecule has 106 valence electrons. The first-order chi connectivity index (χ1) is 9.13. The first-order valence-corrected chi connectivity index (χ1v) is 7.18. The standard InChI is InChI=1S/C13H21ClN4O/c1-3-18(9-10-5-4-6-15-7-10)11-8-16-17(2)13(19)12(11)14/h8,10,15H,3-7,9H2,1-2H3. The molecule has 1 aliphatic heterocycles. The van der Waals surface area contributed by atoms with Gasteiger partial charge in [0.15, 0.2) is 0 Å². The van der Waals surface area contributed by atoms with Crippen LogP contribution >= 0.6 is 11.6 Å². The van der Waals surface area contributed by atoms with Crippen molar-refractivity contribution in [1.29, 1.82) is 0 Å². The highest BCUT2D eigenvalue weighted by Gasteiger charge is 2.19. The fourth-order valence-corrected chi connectivity index (χ4v) is 2.80. The average molecular weight is 285 g/mol. The number of nitrogens with one attached hydrogen (secondary N) is 1. The lowest BCUT2D eigenvalue weighted by molar-refractivity contribution is 0.378. The van der Waals surface area contributed by atoms with Gasteiger partial charge in [-0.25, -0.2) is 4.68 Å². The first kappa shape index (κ1) is 14.3. The van der Waals surface area contributed by atoms with Crippen LogP contribution in [-0.4, -0.2) is 36.0 Å². The number of hydrogen-bond donors (Lipinski definition) is 1. The van der Waals surface area contributed by atoms with E-state index in [9.17, 15) is 4.79 Å². The van der Waals surface area contributed by atoms with Gasteiger partial charge in [0, 0.05) is 20.1 Å². The van der Waals surface area contributed by atoms with Crippen LogP contribution < -0.4 is 15.8 Å². The number of halogens is 1. The Labute approximate surface area is 118 Å². The van der Waals surface area contributed by atoms with Crippen molar-refractivity contribution in [3.05, 3.63) is 21.6 Å². The second-order valence-electron chi connectivity index (χ2n) is 5.02. The molecule has 0 amide bonds. The summed E-state index contributed by atoms with van der Waals surface area (Å²) in [6.07, 6.45) is 4.12. The van der Waals surface area contributed by atoms with E-state index in [-0.39, 0.29) is 10.6 Å². The zero-order valence-corrected chi connectivity index (χ0v) is 12.3. The lowest BCUT2D eigenvalue weighted by Crippen LogP contribution is -2.39. The van der Waals surface area contributed by atoms with E-state index in [1.54, 1.807) is 13.2 Å². The molecule has 1 fully saturated rings. The Morgan fingerprint density at radius 2 is 2.42 bits per heavy atom. The van der Waals surface area contributed by atoms with E-state index in [2.05, 4.69) is 22.2 Å². The topological polar surface area (TPSA) is 50.2 Å². The van der Waals surface area contributed by atoms with Crippen molar-refractivity contribution in [2.45, 2.75) is 19.8 Å². The predicted octanol–water partition coefficient (Wildman–Crippen LogP) is 1.26. The fourth-order valence-electron chi connectivity index (χ4n) is 2.51. The fraction of sp³-hybridized carbons (Fsp3) is 0.692. The molecule has 1 atom stereocenters. The van der Waals surface area contributed by atoms with E-state index in [1.165, 1.54) is 17.5 Å². The molecule has 1 aliphatic rings. The van der Waals surface area contributed by atoms with E-state index in [0.717, 1.165) is 31.9 Å². The summed E-state index contributed by atoms with van der Waals surface area (Å²) in [4.78, 5) is 14.0. The number of hydrogen-bond acceptors (Lipinski definition) is 4. The Hall–Kier alpha value is -1.07. The number of rotatable bonds is 4. The summed E-state index contributed by atoms with van der Waals surface area (Å²) in [6.45, 7) is 5.95. The Morgan fingerprint density at radius 1 is 1.63 bits per heavy atom. The van der Waals surface area contributed by atoms with Crippen LogP contribution in [0.15, 0.2) is 11.0 Å². The average Bonchev–Trinajstić information content (AvgIpc) is 2.44. The van der Waals surface area contributed by atoms with Crippen molar-refractivity contribution in [3.8, 4) is 0 Å². The van der Waals surface area contributed by atoms with Crippen molar-refractivity contribution < 1.29 is 0 Å². The molecular weight excluding hydrogens is 264 g/mol. The summed E-state index contributed by atoms with van der Waals surface area (Å²) in [5.41, 5.74) is 0.511. The monoisotopic (exact) mass is 284 g/mol.